The normalized spacial score (nSPS) is 17.6. The van der Waals surface area contributed by atoms with Gasteiger partial charge in [0.25, 0.3) is 0 Å². The molecular formula is C7H14O3. The maximum atomic E-state index is 8.95. The fourth-order valence-corrected chi connectivity index (χ4v) is 0.512. The van der Waals surface area contributed by atoms with Crippen molar-refractivity contribution >= 4 is 0 Å². The third-order valence-corrected chi connectivity index (χ3v) is 1.15. The quantitative estimate of drug-likeness (QED) is 0.476. The zero-order chi connectivity index (χ0) is 7.98. The Kier molecular flexibility index (Phi) is 5.20. The van der Waals surface area contributed by atoms with Crippen LogP contribution in [0.5, 0.6) is 0 Å². The topological polar surface area (TPSA) is 60.7 Å². The zero-order valence-electron chi connectivity index (χ0n) is 6.07. The maximum absolute atomic E-state index is 8.95. The fraction of sp³-hybridized carbons (Fsp3) is 0.714. The van der Waals surface area contributed by atoms with Crippen LogP contribution in [0.2, 0.25) is 0 Å². The highest BCUT2D eigenvalue weighted by molar-refractivity contribution is 4.91. The molecule has 2 unspecified atom stereocenters. The van der Waals surface area contributed by atoms with Crippen molar-refractivity contribution in [2.24, 2.45) is 0 Å². The van der Waals surface area contributed by atoms with E-state index in [1.165, 1.54) is 6.08 Å². The van der Waals surface area contributed by atoms with Gasteiger partial charge in [-0.2, -0.15) is 0 Å². The minimum atomic E-state index is -1.05. The van der Waals surface area contributed by atoms with Crippen LogP contribution < -0.4 is 0 Å². The van der Waals surface area contributed by atoms with Gasteiger partial charge in [0.15, 0.2) is 0 Å². The average Bonchev–Trinajstić information content (AvgIpc) is 1.98. The molecule has 0 amide bonds. The van der Waals surface area contributed by atoms with Crippen LogP contribution in [0.15, 0.2) is 12.2 Å². The molecule has 60 valence electrons. The lowest BCUT2D eigenvalue weighted by atomic mass is 10.2. The first-order valence-electron chi connectivity index (χ1n) is 3.36. The summed E-state index contributed by atoms with van der Waals surface area (Å²) in [7, 11) is 0. The predicted octanol–water partition coefficient (Wildman–Crippen LogP) is -0.333. The smallest absolute Gasteiger partial charge is 0.106 e. The lowest BCUT2D eigenvalue weighted by molar-refractivity contribution is 0.00938. The second-order valence-corrected chi connectivity index (χ2v) is 2.08. The van der Waals surface area contributed by atoms with Gasteiger partial charge in [-0.15, -0.1) is 0 Å². The molecule has 0 aromatic heterocycles. The summed E-state index contributed by atoms with van der Waals surface area (Å²) in [5, 5.41) is 26.1. The van der Waals surface area contributed by atoms with Gasteiger partial charge in [0.2, 0.25) is 0 Å². The van der Waals surface area contributed by atoms with Crippen molar-refractivity contribution in [3.05, 3.63) is 12.2 Å². The molecule has 0 bridgehead atoms. The van der Waals surface area contributed by atoms with Crippen LogP contribution in [0, 0.1) is 0 Å². The van der Waals surface area contributed by atoms with E-state index in [4.69, 9.17) is 15.3 Å². The highest BCUT2D eigenvalue weighted by Gasteiger charge is 2.09. The first-order chi connectivity index (χ1) is 4.72. The second kappa shape index (κ2) is 5.41. The van der Waals surface area contributed by atoms with Crippen LogP contribution in [0.1, 0.15) is 13.3 Å². The van der Waals surface area contributed by atoms with Gasteiger partial charge >= 0.3 is 0 Å². The first kappa shape index (κ1) is 9.62. The van der Waals surface area contributed by atoms with Crippen LogP contribution in [0.4, 0.5) is 0 Å². The maximum Gasteiger partial charge on any atom is 0.106 e. The Morgan fingerprint density at radius 3 is 2.40 bits per heavy atom. The summed E-state index contributed by atoms with van der Waals surface area (Å²) in [6, 6.07) is 0. The molecule has 3 N–H and O–H groups in total. The number of rotatable bonds is 4. The Balaban J connectivity index is 3.60. The van der Waals surface area contributed by atoms with Crippen molar-refractivity contribution < 1.29 is 15.3 Å². The van der Waals surface area contributed by atoms with Crippen LogP contribution >= 0.6 is 0 Å². The van der Waals surface area contributed by atoms with E-state index in [0.717, 1.165) is 6.42 Å². The second-order valence-electron chi connectivity index (χ2n) is 2.08. The predicted molar refractivity (Wildman–Crippen MR) is 38.5 cm³/mol. The Bertz CT molecular complexity index is 101. The summed E-state index contributed by atoms with van der Waals surface area (Å²) in [6.45, 7) is 1.52. The first-order valence-corrected chi connectivity index (χ1v) is 3.36. The van der Waals surface area contributed by atoms with Gasteiger partial charge in [-0.05, 0) is 6.42 Å². The third kappa shape index (κ3) is 3.61. The zero-order valence-corrected chi connectivity index (χ0v) is 6.07. The molecule has 3 heteroatoms. The van der Waals surface area contributed by atoms with Crippen LogP contribution in [0.25, 0.3) is 0 Å². The van der Waals surface area contributed by atoms with Crippen molar-refractivity contribution in [3.8, 4) is 0 Å². The summed E-state index contributed by atoms with van der Waals surface area (Å²) in [5.41, 5.74) is 0. The van der Waals surface area contributed by atoms with Gasteiger partial charge in [0, 0.05) is 0 Å². The average molecular weight is 146 g/mol. The van der Waals surface area contributed by atoms with E-state index >= 15 is 0 Å². The molecule has 0 rings (SSSR count). The van der Waals surface area contributed by atoms with Crippen molar-refractivity contribution in [3.63, 3.8) is 0 Å². The number of hydrogen-bond acceptors (Lipinski definition) is 3. The Morgan fingerprint density at radius 1 is 1.40 bits per heavy atom. The highest BCUT2D eigenvalue weighted by atomic mass is 16.4. The molecular weight excluding hydrogens is 132 g/mol. The van der Waals surface area contributed by atoms with Crippen molar-refractivity contribution in [2.75, 3.05) is 6.61 Å². The molecule has 0 radical (unpaired) electrons. The van der Waals surface area contributed by atoms with Gasteiger partial charge < -0.3 is 15.3 Å². The van der Waals surface area contributed by atoms with Gasteiger partial charge in [-0.3, -0.25) is 0 Å². The number of aliphatic hydroxyl groups is 3. The summed E-state index contributed by atoms with van der Waals surface area (Å²) < 4.78 is 0. The van der Waals surface area contributed by atoms with Gasteiger partial charge in [-0.25, -0.2) is 0 Å². The Hall–Kier alpha value is -0.380. The van der Waals surface area contributed by atoms with Crippen molar-refractivity contribution in [1.82, 2.24) is 0 Å². The standard InChI is InChI=1S/C7H14O3/c1-2-3-4-6(9)7(10)5-8/h3-4,6-10H,2,5H2,1H3/b4-3+. The Labute approximate surface area is 60.6 Å². The number of hydrogen-bond donors (Lipinski definition) is 3. The van der Waals surface area contributed by atoms with Crippen molar-refractivity contribution in [1.29, 1.82) is 0 Å². The van der Waals surface area contributed by atoms with Crippen LogP contribution in [0.3, 0.4) is 0 Å². The van der Waals surface area contributed by atoms with E-state index in [-0.39, 0.29) is 0 Å². The third-order valence-electron chi connectivity index (χ3n) is 1.15. The number of aliphatic hydroxyl groups excluding tert-OH is 3. The lowest BCUT2D eigenvalue weighted by Gasteiger charge is -2.10. The summed E-state index contributed by atoms with van der Waals surface area (Å²) in [5.74, 6) is 0. The molecule has 0 heterocycles. The molecule has 0 aliphatic carbocycles. The summed E-state index contributed by atoms with van der Waals surface area (Å²) in [4.78, 5) is 0. The van der Waals surface area contributed by atoms with Crippen molar-refractivity contribution in [2.45, 2.75) is 25.6 Å². The molecule has 0 aromatic carbocycles. The minimum absolute atomic E-state index is 0.408. The molecule has 0 saturated carbocycles. The molecule has 2 atom stereocenters. The lowest BCUT2D eigenvalue weighted by Crippen LogP contribution is -2.27. The highest BCUT2D eigenvalue weighted by Crippen LogP contribution is 1.94. The summed E-state index contributed by atoms with van der Waals surface area (Å²) >= 11 is 0. The molecule has 3 nitrogen and oxygen atoms in total. The van der Waals surface area contributed by atoms with E-state index in [2.05, 4.69) is 0 Å². The van der Waals surface area contributed by atoms with Gasteiger partial charge in [0.05, 0.1) is 6.61 Å². The van der Waals surface area contributed by atoms with Gasteiger partial charge in [-0.1, -0.05) is 19.1 Å². The largest absolute Gasteiger partial charge is 0.394 e. The molecule has 0 spiro atoms. The summed E-state index contributed by atoms with van der Waals surface area (Å²) in [6.07, 6.45) is 2.03. The minimum Gasteiger partial charge on any atom is -0.394 e. The van der Waals surface area contributed by atoms with E-state index in [9.17, 15) is 0 Å². The number of allylic oxidation sites excluding steroid dienone is 1. The molecule has 10 heavy (non-hydrogen) atoms. The van der Waals surface area contributed by atoms with E-state index in [1.54, 1.807) is 6.08 Å². The molecule has 0 saturated heterocycles. The van der Waals surface area contributed by atoms with Crippen LogP contribution in [-0.2, 0) is 0 Å². The molecule has 0 aliphatic rings. The van der Waals surface area contributed by atoms with Crippen LogP contribution in [-0.4, -0.2) is 34.1 Å². The van der Waals surface area contributed by atoms with E-state index in [0.29, 0.717) is 0 Å². The molecule has 0 fully saturated rings. The SMILES string of the molecule is CC/C=C/C(O)C(O)CO. The molecule has 0 aromatic rings. The van der Waals surface area contributed by atoms with E-state index < -0.39 is 18.8 Å². The fourth-order valence-electron chi connectivity index (χ4n) is 0.512. The van der Waals surface area contributed by atoms with Gasteiger partial charge in [0.1, 0.15) is 12.2 Å². The monoisotopic (exact) mass is 146 g/mol. The Morgan fingerprint density at radius 2 is 2.00 bits per heavy atom. The van der Waals surface area contributed by atoms with E-state index in [1.807, 2.05) is 6.92 Å². The molecule has 0 aliphatic heterocycles.